The Morgan fingerprint density at radius 2 is 1.40 bits per heavy atom. The van der Waals surface area contributed by atoms with Crippen molar-refractivity contribution in [1.82, 2.24) is 5.32 Å². The molecular formula is C23H22BrN3O3. The molecule has 154 valence electrons. The summed E-state index contributed by atoms with van der Waals surface area (Å²) in [7, 11) is 0. The van der Waals surface area contributed by atoms with Crippen molar-refractivity contribution >= 4 is 39.1 Å². The zero-order chi connectivity index (χ0) is 21.2. The first-order valence-electron chi connectivity index (χ1n) is 9.42. The number of carbonyl (C=O) groups excluding carboxylic acids is 2. The van der Waals surface area contributed by atoms with Gasteiger partial charge in [0.25, 0.3) is 5.91 Å². The van der Waals surface area contributed by atoms with Gasteiger partial charge in [-0.25, -0.2) is 0 Å². The molecule has 2 amide bonds. The van der Waals surface area contributed by atoms with E-state index >= 15 is 0 Å². The van der Waals surface area contributed by atoms with Gasteiger partial charge in [0, 0.05) is 28.0 Å². The minimum Gasteiger partial charge on any atom is -0.483 e. The van der Waals surface area contributed by atoms with Gasteiger partial charge in [-0.1, -0.05) is 52.3 Å². The Kier molecular flexibility index (Phi) is 8.00. The molecule has 3 aromatic rings. The summed E-state index contributed by atoms with van der Waals surface area (Å²) < 4.78 is 6.63. The minimum atomic E-state index is -0.248. The first-order chi connectivity index (χ1) is 14.6. The standard InChI is InChI=1S/C23H22BrN3O3/c24-18-10-12-20(13-11-18)27-23(29)16-30-21-9-5-4-6-17(21)14-25-15-22(28)26-19-7-2-1-3-8-19/h1-13,25H,14-16H2,(H,26,28)(H,27,29). The third-order valence-electron chi connectivity index (χ3n) is 4.12. The highest BCUT2D eigenvalue weighted by Gasteiger charge is 2.08. The molecule has 3 N–H and O–H groups in total. The van der Waals surface area contributed by atoms with E-state index in [2.05, 4.69) is 31.9 Å². The van der Waals surface area contributed by atoms with E-state index in [0.717, 1.165) is 15.7 Å². The highest BCUT2D eigenvalue weighted by Crippen LogP contribution is 2.18. The molecule has 7 heteroatoms. The van der Waals surface area contributed by atoms with Crippen molar-refractivity contribution in [3.8, 4) is 5.75 Å². The first kappa shape index (κ1) is 21.5. The molecule has 0 aliphatic carbocycles. The molecule has 0 aliphatic rings. The van der Waals surface area contributed by atoms with E-state index in [1.165, 1.54) is 0 Å². The Morgan fingerprint density at radius 3 is 2.17 bits per heavy atom. The van der Waals surface area contributed by atoms with Crippen LogP contribution in [0.5, 0.6) is 5.75 Å². The average Bonchev–Trinajstić information content (AvgIpc) is 2.75. The van der Waals surface area contributed by atoms with Gasteiger partial charge < -0.3 is 20.7 Å². The van der Waals surface area contributed by atoms with Crippen molar-refractivity contribution in [3.05, 3.63) is 88.9 Å². The van der Waals surface area contributed by atoms with Crippen LogP contribution in [0.4, 0.5) is 11.4 Å². The van der Waals surface area contributed by atoms with Gasteiger partial charge in [0.2, 0.25) is 5.91 Å². The molecule has 0 saturated carbocycles. The topological polar surface area (TPSA) is 79.5 Å². The lowest BCUT2D eigenvalue weighted by Gasteiger charge is -2.12. The van der Waals surface area contributed by atoms with Gasteiger partial charge in [0.05, 0.1) is 6.54 Å². The molecule has 0 spiro atoms. The molecule has 3 aromatic carbocycles. The number of carbonyl (C=O) groups is 2. The molecular weight excluding hydrogens is 446 g/mol. The van der Waals surface area contributed by atoms with Crippen LogP contribution in [0.1, 0.15) is 5.56 Å². The van der Waals surface area contributed by atoms with Gasteiger partial charge in [0.15, 0.2) is 6.61 Å². The molecule has 6 nitrogen and oxygen atoms in total. The molecule has 0 aromatic heterocycles. The van der Waals surface area contributed by atoms with Crippen LogP contribution < -0.4 is 20.7 Å². The van der Waals surface area contributed by atoms with E-state index in [-0.39, 0.29) is 25.0 Å². The van der Waals surface area contributed by atoms with Crippen molar-refractivity contribution in [2.24, 2.45) is 0 Å². The lowest BCUT2D eigenvalue weighted by atomic mass is 10.2. The molecule has 0 radical (unpaired) electrons. The second-order valence-corrected chi connectivity index (χ2v) is 7.38. The number of halogens is 1. The lowest BCUT2D eigenvalue weighted by molar-refractivity contribution is -0.118. The first-order valence-corrected chi connectivity index (χ1v) is 10.2. The molecule has 0 aliphatic heterocycles. The quantitative estimate of drug-likeness (QED) is 0.440. The largest absolute Gasteiger partial charge is 0.483 e. The summed E-state index contributed by atoms with van der Waals surface area (Å²) >= 11 is 3.36. The van der Waals surface area contributed by atoms with E-state index in [0.29, 0.717) is 18.0 Å². The van der Waals surface area contributed by atoms with E-state index in [9.17, 15) is 9.59 Å². The summed E-state index contributed by atoms with van der Waals surface area (Å²) in [5.74, 6) is 0.218. The Balaban J connectivity index is 1.46. The number of nitrogens with one attached hydrogen (secondary N) is 3. The van der Waals surface area contributed by atoms with Crippen LogP contribution in [-0.4, -0.2) is 25.0 Å². The Hall–Kier alpha value is -3.16. The number of para-hydroxylation sites is 2. The van der Waals surface area contributed by atoms with Gasteiger partial charge in [-0.3, -0.25) is 9.59 Å². The fraction of sp³-hybridized carbons (Fsp3) is 0.130. The molecule has 0 bridgehead atoms. The Bertz CT molecular complexity index is 978. The Morgan fingerprint density at radius 1 is 0.767 bits per heavy atom. The number of anilines is 2. The molecule has 0 atom stereocenters. The summed E-state index contributed by atoms with van der Waals surface area (Å²) in [6.07, 6.45) is 0. The highest BCUT2D eigenvalue weighted by molar-refractivity contribution is 9.10. The van der Waals surface area contributed by atoms with Crippen LogP contribution in [0.15, 0.2) is 83.3 Å². The normalized spacial score (nSPS) is 10.3. The van der Waals surface area contributed by atoms with Crippen LogP contribution in [0, 0.1) is 0 Å². The van der Waals surface area contributed by atoms with Crippen LogP contribution in [0.2, 0.25) is 0 Å². The molecule has 0 heterocycles. The second kappa shape index (κ2) is 11.1. The van der Waals surface area contributed by atoms with E-state index in [1.54, 1.807) is 18.2 Å². The maximum absolute atomic E-state index is 12.1. The molecule has 0 unspecified atom stereocenters. The number of hydrogen-bond acceptors (Lipinski definition) is 4. The summed E-state index contributed by atoms with van der Waals surface area (Å²) in [5, 5.41) is 8.71. The van der Waals surface area contributed by atoms with Crippen LogP contribution in [0.25, 0.3) is 0 Å². The summed E-state index contributed by atoms with van der Waals surface area (Å²) in [6, 6.07) is 24.0. The van der Waals surface area contributed by atoms with Gasteiger partial charge in [-0.2, -0.15) is 0 Å². The van der Waals surface area contributed by atoms with Crippen molar-refractivity contribution in [2.45, 2.75) is 6.54 Å². The maximum Gasteiger partial charge on any atom is 0.262 e. The monoisotopic (exact) mass is 467 g/mol. The van der Waals surface area contributed by atoms with Crippen molar-refractivity contribution in [1.29, 1.82) is 0 Å². The zero-order valence-electron chi connectivity index (χ0n) is 16.2. The third kappa shape index (κ3) is 7.02. The molecule has 0 saturated heterocycles. The van der Waals surface area contributed by atoms with Crippen molar-refractivity contribution < 1.29 is 14.3 Å². The van der Waals surface area contributed by atoms with E-state index < -0.39 is 0 Å². The van der Waals surface area contributed by atoms with Crippen LogP contribution in [0.3, 0.4) is 0 Å². The van der Waals surface area contributed by atoms with E-state index in [1.807, 2.05) is 60.7 Å². The minimum absolute atomic E-state index is 0.110. The smallest absolute Gasteiger partial charge is 0.262 e. The van der Waals surface area contributed by atoms with Gasteiger partial charge >= 0.3 is 0 Å². The lowest BCUT2D eigenvalue weighted by Crippen LogP contribution is -2.28. The summed E-state index contributed by atoms with van der Waals surface area (Å²) in [5.41, 5.74) is 2.32. The average molecular weight is 468 g/mol. The highest BCUT2D eigenvalue weighted by atomic mass is 79.9. The second-order valence-electron chi connectivity index (χ2n) is 6.47. The van der Waals surface area contributed by atoms with Crippen LogP contribution in [-0.2, 0) is 16.1 Å². The number of rotatable bonds is 9. The molecule has 30 heavy (non-hydrogen) atoms. The maximum atomic E-state index is 12.1. The van der Waals surface area contributed by atoms with Gasteiger partial charge in [-0.05, 0) is 42.5 Å². The molecule has 3 rings (SSSR count). The predicted molar refractivity (Wildman–Crippen MR) is 121 cm³/mol. The summed E-state index contributed by atoms with van der Waals surface area (Å²) in [4.78, 5) is 24.2. The molecule has 0 fully saturated rings. The van der Waals surface area contributed by atoms with Crippen molar-refractivity contribution in [3.63, 3.8) is 0 Å². The fourth-order valence-electron chi connectivity index (χ4n) is 2.70. The van der Waals surface area contributed by atoms with Gasteiger partial charge in [-0.15, -0.1) is 0 Å². The van der Waals surface area contributed by atoms with Crippen LogP contribution >= 0.6 is 15.9 Å². The summed E-state index contributed by atoms with van der Waals surface area (Å²) in [6.45, 7) is 0.488. The fourth-order valence-corrected chi connectivity index (χ4v) is 2.97. The SMILES string of the molecule is O=C(CNCc1ccccc1OCC(=O)Nc1ccc(Br)cc1)Nc1ccccc1. The zero-order valence-corrected chi connectivity index (χ0v) is 17.8. The number of ether oxygens (including phenoxy) is 1. The number of amides is 2. The third-order valence-corrected chi connectivity index (χ3v) is 4.65. The number of benzene rings is 3. The number of hydrogen-bond donors (Lipinski definition) is 3. The predicted octanol–water partition coefficient (Wildman–Crippen LogP) is 4.19. The Labute approximate surface area is 183 Å². The van der Waals surface area contributed by atoms with E-state index in [4.69, 9.17) is 4.74 Å². The van der Waals surface area contributed by atoms with Gasteiger partial charge in [0.1, 0.15) is 5.75 Å². The van der Waals surface area contributed by atoms with Crippen molar-refractivity contribution in [2.75, 3.05) is 23.8 Å².